The Kier molecular flexibility index (Phi) is 3.59. The van der Waals surface area contributed by atoms with E-state index >= 15 is 0 Å². The summed E-state index contributed by atoms with van der Waals surface area (Å²) in [7, 11) is 1.73. The van der Waals surface area contributed by atoms with Crippen LogP contribution in [0.4, 0.5) is 5.69 Å². The minimum atomic E-state index is 0.473. The quantitative estimate of drug-likeness (QED) is 0.802. The van der Waals surface area contributed by atoms with Crippen molar-refractivity contribution in [2.75, 3.05) is 18.6 Å². The predicted molar refractivity (Wildman–Crippen MR) is 94.5 cm³/mol. The molecule has 24 heavy (non-hydrogen) atoms. The molecule has 1 aliphatic rings. The van der Waals surface area contributed by atoms with E-state index in [0.717, 1.165) is 42.0 Å². The van der Waals surface area contributed by atoms with Gasteiger partial charge in [0, 0.05) is 23.8 Å². The Bertz CT molecular complexity index is 853. The van der Waals surface area contributed by atoms with E-state index in [1.165, 1.54) is 17.6 Å². The highest BCUT2D eigenvalue weighted by Crippen LogP contribution is 2.41. The van der Waals surface area contributed by atoms with Gasteiger partial charge in [-0.1, -0.05) is 0 Å². The van der Waals surface area contributed by atoms with E-state index in [0.29, 0.717) is 11.7 Å². The minimum absolute atomic E-state index is 0.473. The molecule has 0 unspecified atom stereocenters. The highest BCUT2D eigenvalue weighted by atomic mass is 16.5. The molecule has 6 heteroatoms. The fourth-order valence-corrected chi connectivity index (χ4v) is 3.52. The van der Waals surface area contributed by atoms with Crippen LogP contribution in [-0.4, -0.2) is 39.6 Å². The monoisotopic (exact) mass is 323 g/mol. The third kappa shape index (κ3) is 2.29. The van der Waals surface area contributed by atoms with Gasteiger partial charge in [-0.2, -0.15) is 0 Å². The number of H-pyrrole nitrogens is 1. The molecule has 1 N–H and O–H groups in total. The van der Waals surface area contributed by atoms with Crippen molar-refractivity contribution in [1.82, 2.24) is 19.9 Å². The Hall–Kier alpha value is -2.63. The number of anilines is 1. The van der Waals surface area contributed by atoms with Crippen molar-refractivity contribution in [2.24, 2.45) is 0 Å². The molecule has 0 saturated heterocycles. The number of benzene rings is 1. The highest BCUT2D eigenvalue weighted by molar-refractivity contribution is 5.80. The van der Waals surface area contributed by atoms with Crippen molar-refractivity contribution in [1.29, 1.82) is 0 Å². The van der Waals surface area contributed by atoms with Crippen LogP contribution in [0.5, 0.6) is 5.75 Å². The number of imidazole rings is 1. The normalized spacial score (nSPS) is 14.2. The predicted octanol–water partition coefficient (Wildman–Crippen LogP) is 3.19. The Balaban J connectivity index is 1.87. The maximum absolute atomic E-state index is 5.80. The summed E-state index contributed by atoms with van der Waals surface area (Å²) in [5.41, 5.74) is 5.01. The lowest BCUT2D eigenvalue weighted by Gasteiger charge is -2.35. The molecule has 1 aromatic carbocycles. The van der Waals surface area contributed by atoms with Crippen LogP contribution in [0.25, 0.3) is 22.6 Å². The summed E-state index contributed by atoms with van der Waals surface area (Å²) in [6.45, 7) is 5.55. The van der Waals surface area contributed by atoms with Crippen LogP contribution in [0.15, 0.2) is 24.7 Å². The molecule has 4 rings (SSSR count). The SMILES string of the molecule is COc1c(-c2nc3ncncc3[nH]2)ccc2c1CCCN2C(C)C. The summed E-state index contributed by atoms with van der Waals surface area (Å²) >= 11 is 0. The molecule has 0 atom stereocenters. The van der Waals surface area contributed by atoms with Gasteiger partial charge >= 0.3 is 0 Å². The number of hydrogen-bond donors (Lipinski definition) is 1. The molecule has 0 spiro atoms. The minimum Gasteiger partial charge on any atom is -0.496 e. The van der Waals surface area contributed by atoms with Crippen molar-refractivity contribution < 1.29 is 4.74 Å². The zero-order chi connectivity index (χ0) is 16.7. The standard InChI is InChI=1S/C18H21N5O/c1-11(2)23-8-4-5-12-15(23)7-6-13(16(12)24-3)17-21-14-9-19-10-20-18(14)22-17/h6-7,9-11H,4-5,8H2,1-3H3,(H,19,20,21,22). The molecule has 3 heterocycles. The number of nitrogens with zero attached hydrogens (tertiary/aromatic N) is 4. The second kappa shape index (κ2) is 5.78. The number of methoxy groups -OCH3 is 1. The Morgan fingerprint density at radius 2 is 2.17 bits per heavy atom. The van der Waals surface area contributed by atoms with E-state index in [1.54, 1.807) is 13.3 Å². The Morgan fingerprint density at radius 1 is 1.29 bits per heavy atom. The molecule has 0 radical (unpaired) electrons. The molecule has 0 fully saturated rings. The second-order valence-electron chi connectivity index (χ2n) is 6.38. The lowest BCUT2D eigenvalue weighted by molar-refractivity contribution is 0.408. The number of rotatable bonds is 3. The first-order chi connectivity index (χ1) is 11.7. The summed E-state index contributed by atoms with van der Waals surface area (Å²) in [4.78, 5) is 18.6. The number of fused-ring (bicyclic) bond motifs is 2. The molecule has 0 bridgehead atoms. The molecule has 6 nitrogen and oxygen atoms in total. The topological polar surface area (TPSA) is 66.9 Å². The zero-order valence-electron chi connectivity index (χ0n) is 14.2. The first kappa shape index (κ1) is 14.9. The van der Waals surface area contributed by atoms with Gasteiger partial charge in [-0.15, -0.1) is 0 Å². The number of hydrogen-bond acceptors (Lipinski definition) is 5. The zero-order valence-corrected chi connectivity index (χ0v) is 14.2. The van der Waals surface area contributed by atoms with Gasteiger partial charge in [-0.25, -0.2) is 15.0 Å². The molecule has 2 aromatic heterocycles. The summed E-state index contributed by atoms with van der Waals surface area (Å²) in [5.74, 6) is 1.68. The van der Waals surface area contributed by atoms with E-state index in [9.17, 15) is 0 Å². The van der Waals surface area contributed by atoms with Crippen LogP contribution in [-0.2, 0) is 6.42 Å². The fraction of sp³-hybridized carbons (Fsp3) is 0.389. The number of ether oxygens (including phenoxy) is 1. The number of aromatic nitrogens is 4. The van der Waals surface area contributed by atoms with E-state index in [4.69, 9.17) is 4.74 Å². The van der Waals surface area contributed by atoms with Gasteiger partial charge in [-0.05, 0) is 38.8 Å². The van der Waals surface area contributed by atoms with Crippen LogP contribution in [0.1, 0.15) is 25.8 Å². The van der Waals surface area contributed by atoms with E-state index < -0.39 is 0 Å². The van der Waals surface area contributed by atoms with Gasteiger partial charge in [0.25, 0.3) is 0 Å². The van der Waals surface area contributed by atoms with Crippen LogP contribution in [0.3, 0.4) is 0 Å². The number of nitrogens with one attached hydrogen (secondary N) is 1. The fourth-order valence-electron chi connectivity index (χ4n) is 3.52. The summed E-state index contributed by atoms with van der Waals surface area (Å²) in [6.07, 6.45) is 5.41. The lowest BCUT2D eigenvalue weighted by Crippen LogP contribution is -2.35. The molecule has 0 amide bonds. The molecular weight excluding hydrogens is 302 g/mol. The van der Waals surface area contributed by atoms with Crippen LogP contribution in [0, 0.1) is 0 Å². The molecule has 1 aliphatic heterocycles. The smallest absolute Gasteiger partial charge is 0.181 e. The van der Waals surface area contributed by atoms with Crippen LogP contribution < -0.4 is 9.64 Å². The third-order valence-electron chi connectivity index (χ3n) is 4.62. The van der Waals surface area contributed by atoms with Crippen molar-refractivity contribution in [3.05, 3.63) is 30.2 Å². The first-order valence-electron chi connectivity index (χ1n) is 8.31. The summed E-state index contributed by atoms with van der Waals surface area (Å²) in [5, 5.41) is 0. The van der Waals surface area contributed by atoms with Gasteiger partial charge in [0.2, 0.25) is 0 Å². The maximum atomic E-state index is 5.80. The van der Waals surface area contributed by atoms with E-state index in [1.807, 2.05) is 0 Å². The molecular formula is C18H21N5O. The third-order valence-corrected chi connectivity index (χ3v) is 4.62. The van der Waals surface area contributed by atoms with Crippen molar-refractivity contribution >= 4 is 16.9 Å². The molecule has 0 saturated carbocycles. The van der Waals surface area contributed by atoms with Gasteiger partial charge in [-0.3, -0.25) is 0 Å². The summed E-state index contributed by atoms with van der Waals surface area (Å²) < 4.78 is 5.80. The Morgan fingerprint density at radius 3 is 2.92 bits per heavy atom. The summed E-state index contributed by atoms with van der Waals surface area (Å²) in [6, 6.07) is 4.75. The number of aromatic amines is 1. The average Bonchev–Trinajstić information content (AvgIpc) is 3.03. The average molecular weight is 323 g/mol. The lowest BCUT2D eigenvalue weighted by atomic mass is 9.96. The van der Waals surface area contributed by atoms with Gasteiger partial charge in [0.15, 0.2) is 5.65 Å². The second-order valence-corrected chi connectivity index (χ2v) is 6.38. The van der Waals surface area contributed by atoms with Crippen molar-refractivity contribution in [3.8, 4) is 17.1 Å². The van der Waals surface area contributed by atoms with Crippen LogP contribution >= 0.6 is 0 Å². The van der Waals surface area contributed by atoms with Gasteiger partial charge in [0.1, 0.15) is 23.4 Å². The van der Waals surface area contributed by atoms with Gasteiger partial charge < -0.3 is 14.6 Å². The molecule has 3 aromatic rings. The molecule has 0 aliphatic carbocycles. The van der Waals surface area contributed by atoms with E-state index in [2.05, 4.69) is 50.8 Å². The van der Waals surface area contributed by atoms with Crippen molar-refractivity contribution in [3.63, 3.8) is 0 Å². The molecule has 124 valence electrons. The van der Waals surface area contributed by atoms with E-state index in [-0.39, 0.29) is 0 Å². The van der Waals surface area contributed by atoms with Gasteiger partial charge in [0.05, 0.1) is 18.9 Å². The first-order valence-corrected chi connectivity index (χ1v) is 8.31. The maximum Gasteiger partial charge on any atom is 0.181 e. The highest BCUT2D eigenvalue weighted by Gasteiger charge is 2.25. The van der Waals surface area contributed by atoms with Crippen molar-refractivity contribution in [2.45, 2.75) is 32.7 Å². The Labute approximate surface area is 140 Å². The largest absolute Gasteiger partial charge is 0.496 e. The van der Waals surface area contributed by atoms with Crippen LogP contribution in [0.2, 0.25) is 0 Å².